The van der Waals surface area contributed by atoms with Crippen molar-refractivity contribution in [1.29, 1.82) is 0 Å². The molecule has 0 atom stereocenters. The van der Waals surface area contributed by atoms with Crippen LogP contribution in [0.15, 0.2) is 65.7 Å². The van der Waals surface area contributed by atoms with Crippen molar-refractivity contribution in [1.82, 2.24) is 14.8 Å². The zero-order valence-electron chi connectivity index (χ0n) is 20.3. The Bertz CT molecular complexity index is 1260. The number of pyridine rings is 1. The molecule has 7 heteroatoms. The zero-order chi connectivity index (χ0) is 24.8. The molecule has 182 valence electrons. The average Bonchev–Trinajstić information content (AvgIpc) is 2.89. The lowest BCUT2D eigenvalue weighted by atomic mass is 10.1. The van der Waals surface area contributed by atoms with Crippen molar-refractivity contribution in [2.45, 2.75) is 39.3 Å². The van der Waals surface area contributed by atoms with Crippen LogP contribution < -0.4 is 15.5 Å². The Balaban J connectivity index is 1.65. The number of benzene rings is 2. The third-order valence-corrected chi connectivity index (χ3v) is 6.27. The molecule has 1 N–H and O–H groups in total. The number of amides is 2. The van der Waals surface area contributed by atoms with Crippen LogP contribution in [0.1, 0.15) is 56.7 Å². The second-order valence-electron chi connectivity index (χ2n) is 8.96. The number of hydrogen-bond acceptors (Lipinski definition) is 4. The normalized spacial score (nSPS) is 13.4. The summed E-state index contributed by atoms with van der Waals surface area (Å²) in [5, 5.41) is 2.83. The van der Waals surface area contributed by atoms with Gasteiger partial charge in [-0.2, -0.15) is 0 Å². The fourth-order valence-electron chi connectivity index (χ4n) is 4.27. The van der Waals surface area contributed by atoms with Crippen LogP contribution in [0.25, 0.3) is 0 Å². The third kappa shape index (κ3) is 5.98. The SMILES string of the molecule is COc1cccc(Cn2cc(C(=O)NCc3ccc(C)cc3)c(=O)c(C(=O)N3CCCCC3)c2)c1. The Hall–Kier alpha value is -3.87. The van der Waals surface area contributed by atoms with Crippen molar-refractivity contribution in [3.8, 4) is 5.75 Å². The summed E-state index contributed by atoms with van der Waals surface area (Å²) in [6.07, 6.45) is 6.00. The fraction of sp³-hybridized carbons (Fsp3) is 0.321. The minimum Gasteiger partial charge on any atom is -0.497 e. The summed E-state index contributed by atoms with van der Waals surface area (Å²) in [4.78, 5) is 41.4. The van der Waals surface area contributed by atoms with Gasteiger partial charge in [0.25, 0.3) is 11.8 Å². The first-order valence-corrected chi connectivity index (χ1v) is 11.9. The first-order valence-electron chi connectivity index (χ1n) is 11.9. The standard InChI is InChI=1S/C28H31N3O4/c1-20-9-11-21(12-10-20)16-29-27(33)24-18-30(17-22-7-6-8-23(15-22)35-2)19-25(26(24)32)28(34)31-13-4-3-5-14-31/h6-12,15,18-19H,3-5,13-14,16-17H2,1-2H3,(H,29,33). The molecule has 0 spiro atoms. The van der Waals surface area contributed by atoms with Crippen molar-refractivity contribution in [3.05, 3.63) is 99.0 Å². The number of methoxy groups -OCH3 is 1. The molecule has 0 radical (unpaired) electrons. The van der Waals surface area contributed by atoms with E-state index in [2.05, 4.69) is 5.32 Å². The van der Waals surface area contributed by atoms with Crippen LogP contribution in [0.3, 0.4) is 0 Å². The number of hydrogen-bond donors (Lipinski definition) is 1. The predicted octanol–water partition coefficient (Wildman–Crippen LogP) is 3.77. The highest BCUT2D eigenvalue weighted by Crippen LogP contribution is 2.16. The summed E-state index contributed by atoms with van der Waals surface area (Å²) in [5.74, 6) is -0.102. The maximum Gasteiger partial charge on any atom is 0.259 e. The van der Waals surface area contributed by atoms with Crippen LogP contribution in [0.5, 0.6) is 5.75 Å². The molecule has 0 saturated carbocycles. The molecule has 0 unspecified atom stereocenters. The van der Waals surface area contributed by atoms with E-state index in [9.17, 15) is 14.4 Å². The Morgan fingerprint density at radius 2 is 1.66 bits per heavy atom. The van der Waals surface area contributed by atoms with Gasteiger partial charge in [-0.3, -0.25) is 14.4 Å². The molecule has 1 aromatic heterocycles. The fourth-order valence-corrected chi connectivity index (χ4v) is 4.27. The van der Waals surface area contributed by atoms with Gasteiger partial charge in [0.2, 0.25) is 5.43 Å². The number of aryl methyl sites for hydroxylation is 1. The van der Waals surface area contributed by atoms with E-state index in [0.717, 1.165) is 36.0 Å². The van der Waals surface area contributed by atoms with Gasteiger partial charge in [-0.15, -0.1) is 0 Å². The highest BCUT2D eigenvalue weighted by Gasteiger charge is 2.24. The number of aromatic nitrogens is 1. The van der Waals surface area contributed by atoms with E-state index >= 15 is 0 Å². The number of rotatable bonds is 7. The maximum absolute atomic E-state index is 13.3. The van der Waals surface area contributed by atoms with Gasteiger partial charge >= 0.3 is 0 Å². The highest BCUT2D eigenvalue weighted by molar-refractivity contribution is 5.99. The molecule has 4 rings (SSSR count). The van der Waals surface area contributed by atoms with Crippen LogP contribution in [0.4, 0.5) is 0 Å². The van der Waals surface area contributed by atoms with Gasteiger partial charge < -0.3 is 19.5 Å². The van der Waals surface area contributed by atoms with Crippen LogP contribution in [0.2, 0.25) is 0 Å². The molecular weight excluding hydrogens is 442 g/mol. The first kappa shape index (κ1) is 24.3. The van der Waals surface area contributed by atoms with Crippen LogP contribution in [0, 0.1) is 6.92 Å². The van der Waals surface area contributed by atoms with Crippen molar-refractivity contribution in [3.63, 3.8) is 0 Å². The molecule has 3 aromatic rings. The van der Waals surface area contributed by atoms with Crippen molar-refractivity contribution in [2.24, 2.45) is 0 Å². The molecule has 2 amide bonds. The van der Waals surface area contributed by atoms with Gasteiger partial charge in [0.1, 0.15) is 16.9 Å². The molecule has 2 heterocycles. The molecule has 1 aliphatic rings. The molecular formula is C28H31N3O4. The number of carbonyl (C=O) groups excluding carboxylic acids is 2. The van der Waals surface area contributed by atoms with Gasteiger partial charge in [0.05, 0.1) is 7.11 Å². The Morgan fingerprint density at radius 1 is 0.943 bits per heavy atom. The van der Waals surface area contributed by atoms with Gasteiger partial charge in [-0.1, -0.05) is 42.0 Å². The van der Waals surface area contributed by atoms with Gasteiger partial charge in [-0.05, 0) is 49.4 Å². The molecule has 7 nitrogen and oxygen atoms in total. The highest BCUT2D eigenvalue weighted by atomic mass is 16.5. The molecule has 35 heavy (non-hydrogen) atoms. The maximum atomic E-state index is 13.3. The summed E-state index contributed by atoms with van der Waals surface area (Å²) in [6.45, 7) is 3.92. The average molecular weight is 474 g/mol. The lowest BCUT2D eigenvalue weighted by molar-refractivity contribution is 0.0722. The summed E-state index contributed by atoms with van der Waals surface area (Å²) in [5.41, 5.74) is 2.44. The van der Waals surface area contributed by atoms with E-state index in [1.165, 1.54) is 6.20 Å². The van der Waals surface area contributed by atoms with E-state index in [1.807, 2.05) is 55.5 Å². The Kier molecular flexibility index (Phi) is 7.65. The number of piperidine rings is 1. The van der Waals surface area contributed by atoms with Gasteiger partial charge in [0.15, 0.2) is 0 Å². The van der Waals surface area contributed by atoms with E-state index in [1.54, 1.807) is 22.8 Å². The topological polar surface area (TPSA) is 80.6 Å². The van der Waals surface area contributed by atoms with Gasteiger partial charge in [-0.25, -0.2) is 0 Å². The van der Waals surface area contributed by atoms with E-state index < -0.39 is 11.3 Å². The summed E-state index contributed by atoms with van der Waals surface area (Å²) >= 11 is 0. The second kappa shape index (κ2) is 11.0. The Labute approximate surface area is 205 Å². The van der Waals surface area contributed by atoms with Crippen molar-refractivity contribution >= 4 is 11.8 Å². The largest absolute Gasteiger partial charge is 0.497 e. The summed E-state index contributed by atoms with van der Waals surface area (Å²) in [7, 11) is 1.60. The monoisotopic (exact) mass is 473 g/mol. The quantitative estimate of drug-likeness (QED) is 0.567. The molecule has 1 aliphatic heterocycles. The first-order chi connectivity index (χ1) is 16.9. The number of nitrogens with zero attached hydrogens (tertiary/aromatic N) is 2. The number of nitrogens with one attached hydrogen (secondary N) is 1. The molecule has 1 fully saturated rings. The molecule has 1 saturated heterocycles. The van der Waals surface area contributed by atoms with E-state index in [-0.39, 0.29) is 17.0 Å². The van der Waals surface area contributed by atoms with E-state index in [4.69, 9.17) is 4.74 Å². The van der Waals surface area contributed by atoms with Crippen molar-refractivity contribution < 1.29 is 14.3 Å². The van der Waals surface area contributed by atoms with Crippen LogP contribution >= 0.6 is 0 Å². The minimum absolute atomic E-state index is 0.0257. The van der Waals surface area contributed by atoms with Gasteiger partial charge in [0, 0.05) is 38.6 Å². The molecule has 2 aromatic carbocycles. The zero-order valence-corrected chi connectivity index (χ0v) is 20.3. The number of likely N-dealkylation sites (tertiary alicyclic amines) is 1. The van der Waals surface area contributed by atoms with Crippen LogP contribution in [-0.2, 0) is 13.1 Å². The summed E-state index contributed by atoms with van der Waals surface area (Å²) in [6, 6.07) is 15.4. The number of carbonyl (C=O) groups is 2. The summed E-state index contributed by atoms with van der Waals surface area (Å²) < 4.78 is 7.04. The molecule has 0 aliphatic carbocycles. The minimum atomic E-state index is -0.538. The second-order valence-corrected chi connectivity index (χ2v) is 8.96. The Morgan fingerprint density at radius 3 is 2.37 bits per heavy atom. The van der Waals surface area contributed by atoms with Crippen molar-refractivity contribution in [2.75, 3.05) is 20.2 Å². The lowest BCUT2D eigenvalue weighted by Crippen LogP contribution is -2.40. The number of ether oxygens (including phenoxy) is 1. The molecule has 0 bridgehead atoms. The third-order valence-electron chi connectivity index (χ3n) is 6.27. The van der Waals surface area contributed by atoms with Crippen LogP contribution in [-0.4, -0.2) is 41.5 Å². The lowest BCUT2D eigenvalue weighted by Gasteiger charge is -2.27. The predicted molar refractivity (Wildman–Crippen MR) is 135 cm³/mol. The smallest absolute Gasteiger partial charge is 0.259 e. The van der Waals surface area contributed by atoms with E-state index in [0.29, 0.717) is 31.9 Å².